The highest BCUT2D eigenvalue weighted by Crippen LogP contribution is 2.60. The number of allylic oxidation sites excluding steroid dienone is 2. The molecule has 0 aliphatic heterocycles. The number of rotatable bonds is 26. The Bertz CT molecular complexity index is 1260. The molecule has 0 spiro atoms. The maximum Gasteiger partial charge on any atom is 0.192 e. The maximum atomic E-state index is 13.6. The number of ketones is 2. The first kappa shape index (κ1) is 52.1. The lowest BCUT2D eigenvalue weighted by Crippen LogP contribution is -2.44. The summed E-state index contributed by atoms with van der Waals surface area (Å²) in [5.74, 6) is 5.37. The monoisotopic (exact) mass is 869 g/mol. The zero-order valence-electron chi connectivity index (χ0n) is 42.4. The Hall–Kier alpha value is -0.566. The predicted octanol–water partition coefficient (Wildman–Crippen LogP) is 16.3. The van der Waals surface area contributed by atoms with Gasteiger partial charge < -0.3 is 8.85 Å². The van der Waals surface area contributed by atoms with Gasteiger partial charge in [0.2, 0.25) is 0 Å². The molecular formula is C54H100O4Si2. The summed E-state index contributed by atoms with van der Waals surface area (Å²) in [6.07, 6.45) is 25.2. The third-order valence-corrected chi connectivity index (χ3v) is 28.5. The number of hydrogen-bond acceptors (Lipinski definition) is 4. The van der Waals surface area contributed by atoms with Gasteiger partial charge in [-0.25, -0.2) is 0 Å². The Labute approximate surface area is 375 Å². The Morgan fingerprint density at radius 1 is 0.600 bits per heavy atom. The number of fused-ring (bicyclic) bond motifs is 2. The van der Waals surface area contributed by atoms with Crippen LogP contribution < -0.4 is 0 Å². The summed E-state index contributed by atoms with van der Waals surface area (Å²) in [6.45, 7) is 33.3. The Balaban J connectivity index is 1.22. The molecule has 0 aromatic carbocycles. The molecule has 4 aliphatic carbocycles. The number of Topliss-reactive ketones (excluding diaryl/α,β-unsaturated/α-hetero) is 2. The van der Waals surface area contributed by atoms with Crippen molar-refractivity contribution in [3.05, 3.63) is 12.2 Å². The first-order chi connectivity index (χ1) is 28.2. The quantitative estimate of drug-likeness (QED) is 0.0642. The minimum Gasteiger partial charge on any atom is -0.412 e. The van der Waals surface area contributed by atoms with Gasteiger partial charge in [0.1, 0.15) is 11.6 Å². The molecule has 348 valence electrons. The van der Waals surface area contributed by atoms with Gasteiger partial charge in [-0.3, -0.25) is 9.59 Å². The molecule has 0 N–H and O–H groups in total. The van der Waals surface area contributed by atoms with Gasteiger partial charge in [0.05, 0.1) is 11.2 Å². The van der Waals surface area contributed by atoms with Gasteiger partial charge in [0.25, 0.3) is 0 Å². The van der Waals surface area contributed by atoms with Crippen LogP contribution >= 0.6 is 0 Å². The molecule has 0 radical (unpaired) electrons. The lowest BCUT2D eigenvalue weighted by Gasteiger charge is -2.45. The molecule has 4 aliphatic rings. The van der Waals surface area contributed by atoms with Gasteiger partial charge in [-0.2, -0.15) is 0 Å². The van der Waals surface area contributed by atoms with Crippen molar-refractivity contribution in [3.63, 3.8) is 0 Å². The van der Waals surface area contributed by atoms with Crippen LogP contribution in [0.1, 0.15) is 213 Å². The van der Waals surface area contributed by atoms with Gasteiger partial charge in [-0.15, -0.1) is 0 Å². The van der Waals surface area contributed by atoms with Crippen molar-refractivity contribution in [3.8, 4) is 0 Å². The van der Waals surface area contributed by atoms with E-state index in [0.717, 1.165) is 64.2 Å². The molecule has 60 heavy (non-hydrogen) atoms. The summed E-state index contributed by atoms with van der Waals surface area (Å²) in [5, 5.41) is 0. The third-order valence-electron chi connectivity index (χ3n) is 18.8. The minimum atomic E-state index is -1.62. The average molecular weight is 870 g/mol. The van der Waals surface area contributed by atoms with Crippen LogP contribution in [0.5, 0.6) is 0 Å². The van der Waals surface area contributed by atoms with Crippen molar-refractivity contribution in [1.29, 1.82) is 0 Å². The van der Waals surface area contributed by atoms with E-state index in [4.69, 9.17) is 8.85 Å². The summed E-state index contributed by atoms with van der Waals surface area (Å²) >= 11 is 0. The molecule has 0 aromatic rings. The third kappa shape index (κ3) is 12.6. The summed E-state index contributed by atoms with van der Waals surface area (Å²) in [5.41, 5.74) is 0.251. The Morgan fingerprint density at radius 2 is 0.933 bits per heavy atom. The summed E-state index contributed by atoms with van der Waals surface area (Å²) in [4.78, 5) is 27.3. The van der Waals surface area contributed by atoms with Crippen LogP contribution in [-0.4, -0.2) is 39.4 Å². The normalized spacial score (nSPS) is 31.5. The molecule has 4 fully saturated rings. The summed E-state index contributed by atoms with van der Waals surface area (Å²) in [6, 6.07) is 7.28. The van der Waals surface area contributed by atoms with Gasteiger partial charge in [0, 0.05) is 24.7 Å². The zero-order chi connectivity index (χ0) is 44.6. The van der Waals surface area contributed by atoms with Gasteiger partial charge >= 0.3 is 0 Å². The summed E-state index contributed by atoms with van der Waals surface area (Å²) < 4.78 is 13.9. The van der Waals surface area contributed by atoms with E-state index in [1.54, 1.807) is 0 Å². The first-order valence-electron chi connectivity index (χ1n) is 26.3. The van der Waals surface area contributed by atoms with E-state index < -0.39 is 16.6 Å². The molecule has 4 nitrogen and oxygen atoms in total. The van der Waals surface area contributed by atoms with Crippen LogP contribution in [0.4, 0.5) is 0 Å². The molecule has 4 saturated carbocycles. The van der Waals surface area contributed by atoms with Gasteiger partial charge in [-0.05, 0) is 187 Å². The standard InChI is InChI=1S/C54H100O4Si2/c1-15-59(16-2,17-3)57-51(9,10)35-25-27-41(7)45-31-33-47-49(55)37-43(39-53(45,47)13)29-23-21-22-24-30-44-38-50(56)48-34-32-46(54(48,14)40-44)42(8)28-26-36-52(11,12)58-60(18-4,19-5)20-6/h21-22,41-48H,15-20,23-40H2,1-14H3/b22-21+/t41-,42-,43+,44+,45-,46-,47+,48+,53-,54-/m1/s1. The van der Waals surface area contributed by atoms with Crippen molar-refractivity contribution in [2.75, 3.05) is 0 Å². The fourth-order valence-electron chi connectivity index (χ4n) is 14.9. The number of hydrogen-bond donors (Lipinski definition) is 0. The fourth-order valence-corrected chi connectivity index (χ4v) is 21.3. The number of carbonyl (C=O) groups is 2. The molecule has 0 bridgehead atoms. The van der Waals surface area contributed by atoms with Crippen molar-refractivity contribution >= 4 is 28.2 Å². The van der Waals surface area contributed by atoms with Crippen molar-refractivity contribution in [2.45, 2.75) is 260 Å². The van der Waals surface area contributed by atoms with Crippen LogP contribution in [0.2, 0.25) is 36.3 Å². The average Bonchev–Trinajstić information content (AvgIpc) is 3.74. The molecule has 6 heteroatoms. The van der Waals surface area contributed by atoms with Gasteiger partial charge in [0.15, 0.2) is 16.6 Å². The van der Waals surface area contributed by atoms with E-state index in [1.807, 2.05) is 0 Å². The maximum absolute atomic E-state index is 13.6. The molecular weight excluding hydrogens is 769 g/mol. The Kier molecular flexibility index (Phi) is 19.2. The number of carbonyl (C=O) groups excluding carboxylic acids is 2. The summed E-state index contributed by atoms with van der Waals surface area (Å²) in [7, 11) is -3.24. The predicted molar refractivity (Wildman–Crippen MR) is 262 cm³/mol. The second-order valence-electron chi connectivity index (χ2n) is 23.5. The van der Waals surface area contributed by atoms with E-state index in [2.05, 4.69) is 109 Å². The molecule has 0 amide bonds. The van der Waals surface area contributed by atoms with Crippen LogP contribution in [0.25, 0.3) is 0 Å². The second-order valence-corrected chi connectivity index (χ2v) is 32.9. The molecule has 4 rings (SSSR count). The van der Waals surface area contributed by atoms with Crippen molar-refractivity contribution in [2.24, 2.45) is 58.2 Å². The highest BCUT2D eigenvalue weighted by molar-refractivity contribution is 6.74. The van der Waals surface area contributed by atoms with Gasteiger partial charge in [-0.1, -0.05) is 107 Å². The highest BCUT2D eigenvalue weighted by Gasteiger charge is 2.55. The van der Waals surface area contributed by atoms with E-state index in [-0.39, 0.29) is 33.9 Å². The lowest BCUT2D eigenvalue weighted by molar-refractivity contribution is -0.133. The first-order valence-corrected chi connectivity index (χ1v) is 31.4. The van der Waals surface area contributed by atoms with Crippen LogP contribution in [0, 0.1) is 58.2 Å². The van der Waals surface area contributed by atoms with Crippen molar-refractivity contribution in [1.82, 2.24) is 0 Å². The highest BCUT2D eigenvalue weighted by atomic mass is 28.4. The lowest BCUT2D eigenvalue weighted by atomic mass is 9.58. The van der Waals surface area contributed by atoms with Crippen LogP contribution in [0.15, 0.2) is 12.2 Å². The van der Waals surface area contributed by atoms with Crippen molar-refractivity contribution < 1.29 is 18.4 Å². The topological polar surface area (TPSA) is 52.6 Å². The van der Waals surface area contributed by atoms with E-state index in [1.165, 1.54) is 87.6 Å². The van der Waals surface area contributed by atoms with Crippen LogP contribution in [0.3, 0.4) is 0 Å². The molecule has 0 aromatic heterocycles. The second kappa shape index (κ2) is 22.1. The zero-order valence-corrected chi connectivity index (χ0v) is 44.4. The minimum absolute atomic E-state index is 0.0393. The Morgan fingerprint density at radius 3 is 1.25 bits per heavy atom. The fraction of sp³-hybridized carbons (Fsp3) is 0.926. The van der Waals surface area contributed by atoms with E-state index in [9.17, 15) is 9.59 Å². The smallest absolute Gasteiger partial charge is 0.192 e. The van der Waals surface area contributed by atoms with E-state index in [0.29, 0.717) is 47.1 Å². The molecule has 0 saturated heterocycles. The largest absolute Gasteiger partial charge is 0.412 e. The molecule has 0 unspecified atom stereocenters. The molecule has 10 atom stereocenters. The molecule has 0 heterocycles. The van der Waals surface area contributed by atoms with Crippen LogP contribution in [-0.2, 0) is 18.4 Å². The SMILES string of the molecule is CC[Si](CC)(CC)OC(C)(C)CCC[C@@H](C)[C@H]1CC[C@H]2C(=O)C[C@H](CC/C=C/CC[C@H]3CC(=O)[C@@H]4CC[C@H]([C@H](C)CCCC(C)(C)O[Si](CC)(CC)CC)[C@@]4(C)C3)C[C@]12C. The van der Waals surface area contributed by atoms with E-state index >= 15 is 0 Å².